The molecule has 1 aromatic carbocycles. The molecule has 9 heteroatoms. The van der Waals surface area contributed by atoms with Crippen LogP contribution in [0.25, 0.3) is 0 Å². The lowest BCUT2D eigenvalue weighted by atomic mass is 9.93. The molecule has 1 N–H and O–H groups in total. The highest BCUT2D eigenvalue weighted by Crippen LogP contribution is 2.30. The molecule has 27 heavy (non-hydrogen) atoms. The van der Waals surface area contributed by atoms with Crippen LogP contribution >= 0.6 is 0 Å². The van der Waals surface area contributed by atoms with Crippen LogP contribution in [-0.2, 0) is 15.0 Å². The number of carbonyl (C=O) groups excluding carboxylic acids is 2. The number of amides is 2. The highest BCUT2D eigenvalue weighted by Gasteiger charge is 2.38. The number of nitrogens with zero attached hydrogens (tertiary/aromatic N) is 2. The molecule has 3 rings (SSSR count). The summed E-state index contributed by atoms with van der Waals surface area (Å²) >= 11 is 0. The van der Waals surface area contributed by atoms with Crippen LogP contribution in [0, 0.1) is 17.5 Å². The Balaban J connectivity index is 1.83. The van der Waals surface area contributed by atoms with E-state index in [2.05, 4.69) is 10.5 Å². The first kappa shape index (κ1) is 18.9. The first-order valence-corrected chi connectivity index (χ1v) is 8.32. The van der Waals surface area contributed by atoms with Gasteiger partial charge in [-0.25, -0.2) is 13.2 Å². The molecule has 2 heterocycles. The fraction of sp³-hybridized carbons (Fsp3) is 0.389. The van der Waals surface area contributed by atoms with Crippen molar-refractivity contribution >= 4 is 23.3 Å². The van der Waals surface area contributed by atoms with E-state index >= 15 is 0 Å². The van der Waals surface area contributed by atoms with Gasteiger partial charge in [-0.15, -0.1) is 0 Å². The summed E-state index contributed by atoms with van der Waals surface area (Å²) < 4.78 is 45.4. The Morgan fingerprint density at radius 1 is 1.22 bits per heavy atom. The Bertz CT molecular complexity index is 882. The molecule has 0 saturated carbocycles. The summed E-state index contributed by atoms with van der Waals surface area (Å²) in [6.45, 7) is 5.73. The predicted octanol–water partition coefficient (Wildman–Crippen LogP) is 3.52. The largest absolute Gasteiger partial charge is 0.359 e. The summed E-state index contributed by atoms with van der Waals surface area (Å²) in [7, 11) is 0. The molecule has 6 nitrogen and oxygen atoms in total. The topological polar surface area (TPSA) is 75.4 Å². The summed E-state index contributed by atoms with van der Waals surface area (Å²) in [6.07, 6.45) is 0.167. The summed E-state index contributed by atoms with van der Waals surface area (Å²) in [5.74, 6) is -4.86. The summed E-state index contributed by atoms with van der Waals surface area (Å²) in [4.78, 5) is 25.7. The lowest BCUT2D eigenvalue weighted by molar-refractivity contribution is -0.120. The molecule has 1 aliphatic heterocycles. The molecule has 2 amide bonds. The molecule has 1 aromatic heterocycles. The van der Waals surface area contributed by atoms with Gasteiger partial charge in [-0.3, -0.25) is 14.5 Å². The minimum absolute atomic E-state index is 0.0186. The van der Waals surface area contributed by atoms with Gasteiger partial charge < -0.3 is 9.84 Å². The van der Waals surface area contributed by atoms with Crippen molar-refractivity contribution in [1.82, 2.24) is 5.16 Å². The molecule has 2 aromatic rings. The number of rotatable bonds is 3. The van der Waals surface area contributed by atoms with Crippen molar-refractivity contribution in [1.29, 1.82) is 0 Å². The van der Waals surface area contributed by atoms with Gasteiger partial charge in [-0.2, -0.15) is 0 Å². The van der Waals surface area contributed by atoms with E-state index in [9.17, 15) is 22.8 Å². The molecular weight excluding hydrogens is 363 g/mol. The third-order valence-corrected chi connectivity index (χ3v) is 4.26. The van der Waals surface area contributed by atoms with Crippen LogP contribution in [0.2, 0.25) is 0 Å². The SMILES string of the molecule is CC(C)(C)c1cc(NC(=O)C2CCC(=O)N2c2cc(F)c(F)c(F)c2)no1. The zero-order chi connectivity index (χ0) is 19.9. The van der Waals surface area contributed by atoms with E-state index in [4.69, 9.17) is 4.52 Å². The van der Waals surface area contributed by atoms with Gasteiger partial charge in [-0.05, 0) is 6.42 Å². The number of nitrogens with one attached hydrogen (secondary N) is 1. The Morgan fingerprint density at radius 3 is 2.41 bits per heavy atom. The summed E-state index contributed by atoms with van der Waals surface area (Å²) in [5.41, 5.74) is -0.529. The van der Waals surface area contributed by atoms with Gasteiger partial charge in [0.05, 0.1) is 5.69 Å². The average Bonchev–Trinajstić information content (AvgIpc) is 3.18. The molecule has 1 atom stereocenters. The minimum Gasteiger partial charge on any atom is -0.359 e. The van der Waals surface area contributed by atoms with E-state index in [1.54, 1.807) is 6.07 Å². The number of hydrogen-bond acceptors (Lipinski definition) is 4. The molecule has 1 aliphatic rings. The van der Waals surface area contributed by atoms with Crippen LogP contribution in [-0.4, -0.2) is 23.0 Å². The smallest absolute Gasteiger partial charge is 0.248 e. The normalized spacial score (nSPS) is 17.5. The van der Waals surface area contributed by atoms with Gasteiger partial charge >= 0.3 is 0 Å². The monoisotopic (exact) mass is 381 g/mol. The Labute approximate surface area is 153 Å². The molecule has 144 valence electrons. The quantitative estimate of drug-likeness (QED) is 0.826. The van der Waals surface area contributed by atoms with Gasteiger partial charge in [0.1, 0.15) is 11.8 Å². The molecule has 0 spiro atoms. The first-order valence-electron chi connectivity index (χ1n) is 8.32. The highest BCUT2D eigenvalue weighted by atomic mass is 19.2. The van der Waals surface area contributed by atoms with Gasteiger partial charge in [-0.1, -0.05) is 25.9 Å². The molecule has 1 unspecified atom stereocenters. The van der Waals surface area contributed by atoms with Crippen LogP contribution in [0.1, 0.15) is 39.4 Å². The lowest BCUT2D eigenvalue weighted by Crippen LogP contribution is -2.42. The van der Waals surface area contributed by atoms with Crippen LogP contribution < -0.4 is 10.2 Å². The maximum atomic E-state index is 13.5. The van der Waals surface area contributed by atoms with E-state index in [-0.39, 0.29) is 29.8 Å². The number of anilines is 2. The molecular formula is C18H18F3N3O3. The second-order valence-corrected chi connectivity index (χ2v) is 7.36. The lowest BCUT2D eigenvalue weighted by Gasteiger charge is -2.24. The fourth-order valence-electron chi connectivity index (χ4n) is 2.83. The predicted molar refractivity (Wildman–Crippen MR) is 90.7 cm³/mol. The zero-order valence-electron chi connectivity index (χ0n) is 15.0. The van der Waals surface area contributed by atoms with Crippen molar-refractivity contribution in [3.63, 3.8) is 0 Å². The van der Waals surface area contributed by atoms with Crippen LogP contribution in [0.4, 0.5) is 24.7 Å². The van der Waals surface area contributed by atoms with Gasteiger partial charge in [0.2, 0.25) is 11.8 Å². The van der Waals surface area contributed by atoms with Crippen LogP contribution in [0.5, 0.6) is 0 Å². The van der Waals surface area contributed by atoms with Gasteiger partial charge in [0, 0.05) is 30.0 Å². The van der Waals surface area contributed by atoms with Gasteiger partial charge in [0.15, 0.2) is 23.3 Å². The van der Waals surface area contributed by atoms with E-state index in [1.165, 1.54) is 0 Å². The van der Waals surface area contributed by atoms with Crippen molar-refractivity contribution in [2.45, 2.75) is 45.1 Å². The second-order valence-electron chi connectivity index (χ2n) is 7.36. The Kier molecular flexibility index (Phi) is 4.71. The van der Waals surface area contributed by atoms with Crippen molar-refractivity contribution in [3.8, 4) is 0 Å². The van der Waals surface area contributed by atoms with Crippen LogP contribution in [0.3, 0.4) is 0 Å². The van der Waals surface area contributed by atoms with E-state index in [0.717, 1.165) is 4.90 Å². The van der Waals surface area contributed by atoms with Crippen molar-refractivity contribution < 1.29 is 27.3 Å². The van der Waals surface area contributed by atoms with Crippen molar-refractivity contribution in [3.05, 3.63) is 41.4 Å². The van der Waals surface area contributed by atoms with E-state index in [1.807, 2.05) is 20.8 Å². The highest BCUT2D eigenvalue weighted by molar-refractivity contribution is 6.07. The Morgan fingerprint density at radius 2 is 1.85 bits per heavy atom. The maximum Gasteiger partial charge on any atom is 0.248 e. The molecule has 0 bridgehead atoms. The second kappa shape index (κ2) is 6.71. The van der Waals surface area contributed by atoms with Crippen molar-refractivity contribution in [2.24, 2.45) is 0 Å². The maximum absolute atomic E-state index is 13.5. The number of carbonyl (C=O) groups is 2. The summed E-state index contributed by atoms with van der Waals surface area (Å²) in [5, 5.41) is 6.31. The number of hydrogen-bond donors (Lipinski definition) is 1. The Hall–Kier alpha value is -2.84. The summed E-state index contributed by atoms with van der Waals surface area (Å²) in [6, 6.07) is 1.94. The number of halogens is 3. The molecule has 0 aliphatic carbocycles. The third kappa shape index (κ3) is 3.67. The number of aromatic nitrogens is 1. The molecule has 1 fully saturated rings. The van der Waals surface area contributed by atoms with Gasteiger partial charge in [0.25, 0.3) is 0 Å². The molecule has 1 saturated heterocycles. The molecule has 0 radical (unpaired) electrons. The van der Waals surface area contributed by atoms with E-state index < -0.39 is 35.3 Å². The average molecular weight is 381 g/mol. The third-order valence-electron chi connectivity index (χ3n) is 4.26. The van der Waals surface area contributed by atoms with E-state index in [0.29, 0.717) is 17.9 Å². The fourth-order valence-corrected chi connectivity index (χ4v) is 2.83. The van der Waals surface area contributed by atoms with Crippen LogP contribution in [0.15, 0.2) is 22.7 Å². The minimum atomic E-state index is -1.64. The number of benzene rings is 1. The first-order chi connectivity index (χ1) is 12.6. The van der Waals surface area contributed by atoms with Crippen molar-refractivity contribution in [2.75, 3.05) is 10.2 Å². The zero-order valence-corrected chi connectivity index (χ0v) is 15.0. The standard InChI is InChI=1S/C18H18F3N3O3/c1-18(2,3)13-8-14(23-27-13)22-17(26)12-4-5-15(25)24(12)9-6-10(19)16(21)11(20)7-9/h6-8,12H,4-5H2,1-3H3,(H,22,23,26).